The van der Waals surface area contributed by atoms with E-state index in [9.17, 15) is 0 Å². The van der Waals surface area contributed by atoms with Crippen LogP contribution in [-0.2, 0) is 0 Å². The van der Waals surface area contributed by atoms with E-state index in [1.165, 1.54) is 11.9 Å². The minimum atomic E-state index is -2.03. The van der Waals surface area contributed by atoms with Gasteiger partial charge in [0, 0.05) is 0 Å². The molecule has 0 aromatic rings. The molecule has 0 fully saturated rings. The van der Waals surface area contributed by atoms with Crippen molar-refractivity contribution >= 4 is 30.7 Å². The van der Waals surface area contributed by atoms with Gasteiger partial charge in [-0.15, -0.1) is 0 Å². The molecule has 0 spiro atoms. The van der Waals surface area contributed by atoms with E-state index in [-0.39, 0.29) is 0 Å². The molecule has 0 aliphatic carbocycles. The Labute approximate surface area is 101 Å². The molecule has 0 aliphatic rings. The third-order valence-electron chi connectivity index (χ3n) is 2.32. The van der Waals surface area contributed by atoms with E-state index in [1.54, 1.807) is 0 Å². The average molecular weight is 458 g/mol. The van der Waals surface area contributed by atoms with E-state index in [2.05, 4.69) is 53.5 Å². The van der Waals surface area contributed by atoms with Gasteiger partial charge in [-0.05, 0) is 0 Å². The normalized spacial score (nSPS) is 13.3. The molecule has 0 aromatic heterocycles. The van der Waals surface area contributed by atoms with Crippen LogP contribution >= 0.6 is 12.0 Å². The zero-order chi connectivity index (χ0) is 11.4. The molecule has 0 N–H and O–H groups in total. The Morgan fingerprint density at radius 3 is 1.07 bits per heavy atom. The molecule has 0 saturated carbocycles. The first kappa shape index (κ1) is 15.4. The Balaban J connectivity index is 4.32. The fourth-order valence-electron chi connectivity index (χ4n) is 2.44. The van der Waals surface area contributed by atoms with Gasteiger partial charge >= 0.3 is 102 Å². The van der Waals surface area contributed by atoms with Crippen molar-refractivity contribution in [2.24, 2.45) is 17.8 Å². The monoisotopic (exact) mass is 458 g/mol. The zero-order valence-corrected chi connectivity index (χ0v) is 16.2. The molecular weight excluding hydrogens is 431 g/mol. The summed E-state index contributed by atoms with van der Waals surface area (Å²) in [5.41, 5.74) is 0. The zero-order valence-electron chi connectivity index (χ0n) is 10.7. The third kappa shape index (κ3) is 7.66. The Hall–Kier alpha value is 1.40. The van der Waals surface area contributed by atoms with Crippen LogP contribution < -0.4 is 0 Å². The van der Waals surface area contributed by atoms with Crippen molar-refractivity contribution < 1.29 is 0 Å². The number of hydrogen-bond acceptors (Lipinski definition) is 0. The summed E-state index contributed by atoms with van der Waals surface area (Å²) in [6.45, 7) is 14.2. The van der Waals surface area contributed by atoms with Crippen molar-refractivity contribution in [1.82, 2.24) is 0 Å². The van der Waals surface area contributed by atoms with Gasteiger partial charge < -0.3 is 0 Å². The summed E-state index contributed by atoms with van der Waals surface area (Å²) in [6, 6.07) is 0. The average Bonchev–Trinajstić information content (AvgIpc) is 1.76. The van der Waals surface area contributed by atoms with Crippen LogP contribution in [0.15, 0.2) is 0 Å². The van der Waals surface area contributed by atoms with E-state index in [1.807, 2.05) is 0 Å². The van der Waals surface area contributed by atoms with Gasteiger partial charge in [0.1, 0.15) is 0 Å². The molecule has 14 heavy (non-hydrogen) atoms. The molecule has 0 amide bonds. The van der Waals surface area contributed by atoms with Gasteiger partial charge in [-0.2, -0.15) is 0 Å². The van der Waals surface area contributed by atoms with Gasteiger partial charge in [0.25, 0.3) is 0 Å². The number of hydrogen-bond donors (Lipinski definition) is 0. The third-order valence-corrected chi connectivity index (χ3v) is 28.9. The molecule has 86 valence electrons. The van der Waals surface area contributed by atoms with E-state index in [0.717, 1.165) is 17.8 Å². The van der Waals surface area contributed by atoms with Crippen molar-refractivity contribution in [3.05, 3.63) is 0 Å². The Morgan fingerprint density at radius 1 is 0.714 bits per heavy atom. The molecule has 0 aliphatic heterocycles. The van der Waals surface area contributed by atoms with Crippen LogP contribution in [0.1, 0.15) is 41.5 Å². The fourth-order valence-corrected chi connectivity index (χ4v) is 38.5. The van der Waals surface area contributed by atoms with Gasteiger partial charge in [0.05, 0.1) is 0 Å². The molecule has 0 bridgehead atoms. The standard InChI is InChI=1S/3C4H9.BrH.Pb/c3*1-4(2)3;;/h3*4H,1H2,2-3H3;1H;/q;;;;+1/p-1. The first-order valence-corrected chi connectivity index (χ1v) is 22.6. The van der Waals surface area contributed by atoms with E-state index < -0.39 is 18.8 Å². The van der Waals surface area contributed by atoms with Crippen molar-refractivity contribution in [2.45, 2.75) is 53.5 Å². The van der Waals surface area contributed by atoms with Crippen LogP contribution in [0.2, 0.25) is 11.9 Å². The molecular formula is C12H27BrPb. The van der Waals surface area contributed by atoms with Crippen LogP contribution in [-0.4, -0.2) is 18.8 Å². The molecule has 0 heterocycles. The minimum absolute atomic E-state index is 0.883. The van der Waals surface area contributed by atoms with E-state index in [4.69, 9.17) is 0 Å². The fraction of sp³-hybridized carbons (Fsp3) is 1.00. The summed E-state index contributed by atoms with van der Waals surface area (Å²) in [6.07, 6.45) is 0. The van der Waals surface area contributed by atoms with Gasteiger partial charge in [-0.25, -0.2) is 0 Å². The molecule has 0 rings (SSSR count). The maximum atomic E-state index is 4.21. The summed E-state index contributed by atoms with van der Waals surface area (Å²) in [5, 5.41) is 0. The van der Waals surface area contributed by atoms with Crippen molar-refractivity contribution in [2.75, 3.05) is 0 Å². The summed E-state index contributed by atoms with van der Waals surface area (Å²) < 4.78 is 4.55. The predicted octanol–water partition coefficient (Wildman–Crippen LogP) is 5.29. The quantitative estimate of drug-likeness (QED) is 0.475. The van der Waals surface area contributed by atoms with Crippen molar-refractivity contribution in [3.8, 4) is 0 Å². The van der Waals surface area contributed by atoms with Crippen molar-refractivity contribution in [3.63, 3.8) is 0 Å². The van der Waals surface area contributed by atoms with Crippen LogP contribution in [0.5, 0.6) is 0 Å². The second-order valence-corrected chi connectivity index (χ2v) is 34.4. The van der Waals surface area contributed by atoms with Crippen LogP contribution in [0, 0.1) is 17.8 Å². The summed E-state index contributed by atoms with van der Waals surface area (Å²) in [4.78, 5) is 0. The second kappa shape index (κ2) is 6.87. The number of rotatable bonds is 6. The summed E-state index contributed by atoms with van der Waals surface area (Å²) >= 11 is 2.18. The number of halogens is 1. The van der Waals surface area contributed by atoms with Crippen LogP contribution in [0.3, 0.4) is 0 Å². The molecule has 0 aromatic carbocycles. The van der Waals surface area contributed by atoms with Crippen molar-refractivity contribution in [1.29, 1.82) is 0 Å². The Bertz CT molecular complexity index is 126. The first-order chi connectivity index (χ1) is 6.25. The van der Waals surface area contributed by atoms with Crippen LogP contribution in [0.25, 0.3) is 0 Å². The maximum absolute atomic E-state index is 4.21. The summed E-state index contributed by atoms with van der Waals surface area (Å²) in [5.74, 6) is 2.65. The Morgan fingerprint density at radius 2 is 0.929 bits per heavy atom. The van der Waals surface area contributed by atoms with Gasteiger partial charge in [0.2, 0.25) is 0 Å². The molecule has 0 saturated heterocycles. The first-order valence-electron chi connectivity index (χ1n) is 5.94. The molecule has 0 unspecified atom stereocenters. The Kier molecular flexibility index (Phi) is 7.56. The van der Waals surface area contributed by atoms with Gasteiger partial charge in [0.15, 0.2) is 0 Å². The second-order valence-electron chi connectivity index (χ2n) is 5.94. The topological polar surface area (TPSA) is 0 Å². The molecule has 0 radical (unpaired) electrons. The molecule has 0 nitrogen and oxygen atoms in total. The van der Waals surface area contributed by atoms with Gasteiger partial charge in [-0.1, -0.05) is 0 Å². The van der Waals surface area contributed by atoms with Gasteiger partial charge in [-0.3, -0.25) is 0 Å². The summed E-state index contributed by atoms with van der Waals surface area (Å²) in [7, 11) is 0. The van der Waals surface area contributed by atoms with Crippen LogP contribution in [0.4, 0.5) is 0 Å². The SMILES string of the molecule is CC(C)[CH2][Pb]([Br])([CH2]C(C)C)[CH2]C(C)C. The predicted molar refractivity (Wildman–Crippen MR) is 73.6 cm³/mol. The molecule has 2 heteroatoms. The van der Waals surface area contributed by atoms with E-state index >= 15 is 0 Å². The molecule has 0 atom stereocenters. The van der Waals surface area contributed by atoms with E-state index in [0.29, 0.717) is 0 Å².